The van der Waals surface area contributed by atoms with Gasteiger partial charge in [-0.05, 0) is 59.7 Å². The second-order valence-corrected chi connectivity index (χ2v) is 11.7. The molecule has 1 atom stereocenters. The largest absolute Gasteiger partial charge is 0.507 e. The number of ether oxygens (including phenoxy) is 2. The molecule has 1 unspecified atom stereocenters. The van der Waals surface area contributed by atoms with E-state index in [1.807, 2.05) is 60.7 Å². The third-order valence-electron chi connectivity index (χ3n) is 6.77. The average Bonchev–Trinajstić information content (AvgIpc) is 3.62. The van der Waals surface area contributed by atoms with Gasteiger partial charge in [0.15, 0.2) is 4.34 Å². The highest BCUT2D eigenvalue weighted by Gasteiger charge is 2.48. The van der Waals surface area contributed by atoms with Crippen molar-refractivity contribution >= 4 is 45.7 Å². The van der Waals surface area contributed by atoms with Gasteiger partial charge in [-0.25, -0.2) is 0 Å². The number of carbonyl (C=O) groups excluding carboxylic acids is 2. The summed E-state index contributed by atoms with van der Waals surface area (Å²) in [6.07, 6.45) is 0. The Labute approximate surface area is 256 Å². The average molecular weight is 608 g/mol. The molecule has 1 N–H and O–H groups in total. The molecule has 0 aliphatic carbocycles. The van der Waals surface area contributed by atoms with Crippen LogP contribution in [0.2, 0.25) is 0 Å². The molecule has 43 heavy (non-hydrogen) atoms. The number of hydrogen-bond acceptors (Lipinski definition) is 9. The monoisotopic (exact) mass is 607 g/mol. The number of benzene rings is 4. The fraction of sp³-hybridized carbons (Fsp3) is 0.0909. The number of amides is 1. The van der Waals surface area contributed by atoms with Gasteiger partial charge in [-0.3, -0.25) is 14.5 Å². The van der Waals surface area contributed by atoms with Crippen LogP contribution in [0.25, 0.3) is 5.76 Å². The molecule has 6 rings (SSSR count). The highest BCUT2D eigenvalue weighted by molar-refractivity contribution is 8.00. The van der Waals surface area contributed by atoms with E-state index in [1.54, 1.807) is 55.6 Å². The Balaban J connectivity index is 1.40. The lowest BCUT2D eigenvalue weighted by Crippen LogP contribution is -2.29. The van der Waals surface area contributed by atoms with Crippen molar-refractivity contribution in [1.82, 2.24) is 10.2 Å². The lowest BCUT2D eigenvalue weighted by molar-refractivity contribution is -0.132. The van der Waals surface area contributed by atoms with Gasteiger partial charge in [-0.1, -0.05) is 83.8 Å². The van der Waals surface area contributed by atoms with Crippen molar-refractivity contribution in [3.8, 4) is 17.2 Å². The van der Waals surface area contributed by atoms with Crippen molar-refractivity contribution in [3.63, 3.8) is 0 Å². The van der Waals surface area contributed by atoms with Crippen LogP contribution >= 0.6 is 23.1 Å². The van der Waals surface area contributed by atoms with Crippen molar-refractivity contribution in [2.75, 3.05) is 12.0 Å². The second kappa shape index (κ2) is 12.5. The summed E-state index contributed by atoms with van der Waals surface area (Å²) in [6, 6.07) is 32.0. The van der Waals surface area contributed by atoms with Gasteiger partial charge in [0.25, 0.3) is 5.78 Å². The molecular formula is C33H25N3O5S2. The molecule has 0 radical (unpaired) electrons. The summed E-state index contributed by atoms with van der Waals surface area (Å²) in [6.45, 7) is 0. The van der Waals surface area contributed by atoms with Crippen LogP contribution in [0.15, 0.2) is 119 Å². The van der Waals surface area contributed by atoms with E-state index in [4.69, 9.17) is 9.47 Å². The number of para-hydroxylation sites is 1. The van der Waals surface area contributed by atoms with Crippen molar-refractivity contribution in [2.45, 2.75) is 16.1 Å². The van der Waals surface area contributed by atoms with E-state index in [1.165, 1.54) is 28.0 Å². The first kappa shape index (κ1) is 28.2. The smallest absolute Gasteiger partial charge is 0.301 e. The van der Waals surface area contributed by atoms with Crippen molar-refractivity contribution in [2.24, 2.45) is 0 Å². The molecule has 214 valence electrons. The normalized spacial score (nSPS) is 15.9. The number of rotatable bonds is 9. The number of nitrogens with zero attached hydrogens (tertiary/aromatic N) is 3. The topological polar surface area (TPSA) is 102 Å². The first-order valence-corrected chi connectivity index (χ1v) is 15.1. The third kappa shape index (κ3) is 6.01. The third-order valence-corrected chi connectivity index (χ3v) is 8.89. The molecule has 2 heterocycles. The molecule has 0 saturated carbocycles. The maximum Gasteiger partial charge on any atom is 0.301 e. The van der Waals surface area contributed by atoms with Crippen LogP contribution in [-0.2, 0) is 15.3 Å². The minimum Gasteiger partial charge on any atom is -0.507 e. The maximum atomic E-state index is 13.6. The highest BCUT2D eigenvalue weighted by atomic mass is 32.2. The van der Waals surface area contributed by atoms with Crippen LogP contribution in [0.3, 0.4) is 0 Å². The molecule has 4 aromatic carbocycles. The van der Waals surface area contributed by atoms with E-state index in [0.717, 1.165) is 5.56 Å². The number of thioether (sulfide) groups is 1. The first-order valence-electron chi connectivity index (χ1n) is 13.3. The molecule has 8 nitrogen and oxygen atoms in total. The minimum atomic E-state index is -0.971. The van der Waals surface area contributed by atoms with Crippen molar-refractivity contribution < 1.29 is 24.2 Å². The number of aliphatic hydroxyl groups is 1. The summed E-state index contributed by atoms with van der Waals surface area (Å²) < 4.78 is 11.9. The zero-order valence-electron chi connectivity index (χ0n) is 22.9. The van der Waals surface area contributed by atoms with Crippen LogP contribution in [-0.4, -0.2) is 34.1 Å². The van der Waals surface area contributed by atoms with Gasteiger partial charge in [0.2, 0.25) is 5.13 Å². The van der Waals surface area contributed by atoms with E-state index in [2.05, 4.69) is 10.2 Å². The summed E-state index contributed by atoms with van der Waals surface area (Å²) >= 11 is 2.71. The fourth-order valence-corrected chi connectivity index (χ4v) is 6.52. The zero-order valence-corrected chi connectivity index (χ0v) is 24.5. The van der Waals surface area contributed by atoms with Gasteiger partial charge >= 0.3 is 5.91 Å². The van der Waals surface area contributed by atoms with Crippen LogP contribution in [0, 0.1) is 0 Å². The number of aromatic nitrogens is 2. The lowest BCUT2D eigenvalue weighted by atomic mass is 9.95. The number of anilines is 1. The predicted molar refractivity (Wildman–Crippen MR) is 167 cm³/mol. The van der Waals surface area contributed by atoms with Crippen LogP contribution in [0.5, 0.6) is 17.2 Å². The number of Topliss-reactive ketones (excluding diaryl/α,β-unsaturated/α-hetero) is 1. The Morgan fingerprint density at radius 3 is 2.28 bits per heavy atom. The Morgan fingerprint density at radius 2 is 1.56 bits per heavy atom. The molecule has 1 aliphatic heterocycles. The summed E-state index contributed by atoms with van der Waals surface area (Å²) in [5.41, 5.74) is 2.01. The van der Waals surface area contributed by atoms with E-state index >= 15 is 0 Å². The molecular weight excluding hydrogens is 583 g/mol. The number of aliphatic hydroxyl groups excluding tert-OH is 1. The maximum absolute atomic E-state index is 13.6. The quantitative estimate of drug-likeness (QED) is 0.0614. The van der Waals surface area contributed by atoms with Gasteiger partial charge in [0, 0.05) is 11.3 Å². The first-order chi connectivity index (χ1) is 21.0. The molecule has 1 saturated heterocycles. The molecule has 1 amide bonds. The molecule has 0 bridgehead atoms. The van der Waals surface area contributed by atoms with E-state index in [-0.39, 0.29) is 16.5 Å². The number of carbonyl (C=O) groups is 2. The number of hydrogen-bond donors (Lipinski definition) is 1. The molecule has 1 fully saturated rings. The Hall–Kier alpha value is -4.93. The molecule has 0 spiro atoms. The minimum absolute atomic E-state index is 0.0549. The van der Waals surface area contributed by atoms with Crippen molar-refractivity contribution in [3.05, 3.63) is 131 Å². The lowest BCUT2D eigenvalue weighted by Gasteiger charge is -2.23. The van der Waals surface area contributed by atoms with Crippen LogP contribution in [0.1, 0.15) is 22.7 Å². The van der Waals surface area contributed by atoms with Crippen LogP contribution < -0.4 is 14.4 Å². The number of methoxy groups -OCH3 is 1. The van der Waals surface area contributed by atoms with Gasteiger partial charge in [-0.2, -0.15) is 0 Å². The number of ketones is 1. The van der Waals surface area contributed by atoms with E-state index in [0.29, 0.717) is 38.5 Å². The summed E-state index contributed by atoms with van der Waals surface area (Å²) in [4.78, 5) is 28.5. The fourth-order valence-electron chi connectivity index (χ4n) is 4.70. The van der Waals surface area contributed by atoms with Crippen LogP contribution in [0.4, 0.5) is 5.13 Å². The van der Waals surface area contributed by atoms with Gasteiger partial charge in [0.05, 0.1) is 18.7 Å². The SMILES string of the molecule is COc1ccc(/C(O)=C2/C(=O)C(=O)N(c3nnc(SCc4ccccc4)s3)C2c2cccc(Oc3ccccc3)c2)cc1. The summed E-state index contributed by atoms with van der Waals surface area (Å²) in [7, 11) is 1.54. The van der Waals surface area contributed by atoms with Gasteiger partial charge in [-0.15, -0.1) is 10.2 Å². The Bertz CT molecular complexity index is 1790. The Kier molecular flexibility index (Phi) is 8.21. The summed E-state index contributed by atoms with van der Waals surface area (Å²) in [5, 5.41) is 20.3. The van der Waals surface area contributed by atoms with Crippen molar-refractivity contribution in [1.29, 1.82) is 0 Å². The second-order valence-electron chi connectivity index (χ2n) is 9.51. The van der Waals surface area contributed by atoms with Gasteiger partial charge < -0.3 is 14.6 Å². The Morgan fingerprint density at radius 1 is 0.860 bits per heavy atom. The van der Waals surface area contributed by atoms with Gasteiger partial charge in [0.1, 0.15) is 23.0 Å². The summed E-state index contributed by atoms with van der Waals surface area (Å²) in [5.74, 6) is 0.492. The molecule has 1 aromatic heterocycles. The highest BCUT2D eigenvalue weighted by Crippen LogP contribution is 2.45. The molecule has 10 heteroatoms. The van der Waals surface area contributed by atoms with E-state index < -0.39 is 17.7 Å². The molecule has 5 aromatic rings. The predicted octanol–water partition coefficient (Wildman–Crippen LogP) is 7.26. The zero-order chi connectivity index (χ0) is 29.8. The molecule has 1 aliphatic rings. The van der Waals surface area contributed by atoms with E-state index in [9.17, 15) is 14.7 Å². The standard InChI is InChI=1S/C33H25N3O5S2/c1-40-24-17-15-22(16-18-24)29(37)27-28(23-11-8-14-26(19-23)41-25-12-6-3-7-13-25)36(31(39)30(27)38)32-34-35-33(43-32)42-20-21-9-4-2-5-10-21/h2-19,28,37H,20H2,1H3/b29-27-.